The highest BCUT2D eigenvalue weighted by atomic mass is 35.5. The number of hydrogen-bond acceptors (Lipinski definition) is 5. The van der Waals surface area contributed by atoms with Gasteiger partial charge in [-0.05, 0) is 44.1 Å². The Balaban J connectivity index is 1.64. The van der Waals surface area contributed by atoms with Crippen molar-refractivity contribution in [3.63, 3.8) is 0 Å². The van der Waals surface area contributed by atoms with E-state index in [9.17, 15) is 13.2 Å². The molecule has 3 rings (SSSR count). The van der Waals surface area contributed by atoms with E-state index in [0.717, 1.165) is 31.1 Å². The Morgan fingerprint density at radius 3 is 2.43 bits per heavy atom. The van der Waals surface area contributed by atoms with Crippen molar-refractivity contribution in [2.45, 2.75) is 30.6 Å². The second kappa shape index (κ2) is 10.3. The number of carbonyl (C=O) groups excluding carboxylic acids is 1. The first-order valence-corrected chi connectivity index (χ1v) is 12.8. The second-order valence-corrected chi connectivity index (χ2v) is 10.7. The van der Waals surface area contributed by atoms with Crippen LogP contribution in [0.5, 0.6) is 0 Å². The molecule has 0 spiro atoms. The van der Waals surface area contributed by atoms with Crippen molar-refractivity contribution in [1.29, 1.82) is 0 Å². The van der Waals surface area contributed by atoms with Crippen molar-refractivity contribution >= 4 is 39.3 Å². The smallest absolute Gasteiger partial charge is 0.252 e. The number of hydrogen-bond donors (Lipinski definition) is 1. The number of benzene rings is 1. The molecule has 2 aliphatic heterocycles. The summed E-state index contributed by atoms with van der Waals surface area (Å²) in [5.74, 6) is 1.25. The molecule has 0 atom stereocenters. The van der Waals surface area contributed by atoms with Crippen LogP contribution in [0.3, 0.4) is 0 Å². The Kier molecular flexibility index (Phi) is 8.05. The number of rotatable bonds is 6. The molecular formula is C19H28ClN3O3S2. The lowest BCUT2D eigenvalue weighted by atomic mass is 10.2. The Hall–Kier alpha value is -0.800. The van der Waals surface area contributed by atoms with Crippen LogP contribution in [0.1, 0.15) is 36.0 Å². The molecule has 0 radical (unpaired) electrons. The first kappa shape index (κ1) is 21.9. The molecule has 0 aliphatic carbocycles. The lowest BCUT2D eigenvalue weighted by Crippen LogP contribution is -2.38. The molecular weight excluding hydrogens is 418 g/mol. The number of nitrogens with one attached hydrogen (secondary N) is 1. The van der Waals surface area contributed by atoms with Gasteiger partial charge >= 0.3 is 0 Å². The average Bonchev–Trinajstić information content (AvgIpc) is 2.97. The average molecular weight is 446 g/mol. The number of likely N-dealkylation sites (tertiary alicyclic amines) is 1. The van der Waals surface area contributed by atoms with E-state index in [4.69, 9.17) is 11.6 Å². The van der Waals surface area contributed by atoms with Gasteiger partial charge in [-0.2, -0.15) is 16.1 Å². The monoisotopic (exact) mass is 445 g/mol. The zero-order valence-electron chi connectivity index (χ0n) is 16.0. The minimum Gasteiger partial charge on any atom is -0.351 e. The lowest BCUT2D eigenvalue weighted by molar-refractivity contribution is 0.0948. The summed E-state index contributed by atoms with van der Waals surface area (Å²) >= 11 is 7.94. The number of sulfonamides is 1. The quantitative estimate of drug-likeness (QED) is 0.729. The first-order valence-electron chi connectivity index (χ1n) is 9.86. The highest BCUT2D eigenvalue weighted by Crippen LogP contribution is 2.25. The molecule has 0 unspecified atom stereocenters. The van der Waals surface area contributed by atoms with Gasteiger partial charge in [0.2, 0.25) is 10.0 Å². The summed E-state index contributed by atoms with van der Waals surface area (Å²) in [7, 11) is -3.60. The number of amides is 1. The van der Waals surface area contributed by atoms with Crippen LogP contribution in [-0.4, -0.2) is 74.3 Å². The van der Waals surface area contributed by atoms with Crippen LogP contribution in [0.4, 0.5) is 0 Å². The van der Waals surface area contributed by atoms with Gasteiger partial charge < -0.3 is 10.2 Å². The Bertz CT molecular complexity index is 775. The molecule has 2 saturated heterocycles. The Morgan fingerprint density at radius 1 is 1.07 bits per heavy atom. The minimum atomic E-state index is -3.60. The van der Waals surface area contributed by atoms with Crippen LogP contribution in [-0.2, 0) is 10.0 Å². The molecule has 28 heavy (non-hydrogen) atoms. The zero-order valence-corrected chi connectivity index (χ0v) is 18.4. The SMILES string of the molecule is O=C(NCCN1CCCCCC1)c1cc(S(=O)(=O)N2CCSCC2)ccc1Cl. The molecule has 0 bridgehead atoms. The fraction of sp³-hybridized carbons (Fsp3) is 0.632. The van der Waals surface area contributed by atoms with Gasteiger partial charge in [0.15, 0.2) is 0 Å². The fourth-order valence-corrected chi connectivity index (χ4v) is 6.36. The second-order valence-electron chi connectivity index (χ2n) is 7.17. The van der Waals surface area contributed by atoms with Crippen molar-refractivity contribution in [3.05, 3.63) is 28.8 Å². The first-order chi connectivity index (χ1) is 13.5. The van der Waals surface area contributed by atoms with Crippen LogP contribution in [0.15, 0.2) is 23.1 Å². The normalized spacial score (nSPS) is 19.9. The van der Waals surface area contributed by atoms with Crippen molar-refractivity contribution < 1.29 is 13.2 Å². The molecule has 0 saturated carbocycles. The lowest BCUT2D eigenvalue weighted by Gasteiger charge is -2.25. The van der Waals surface area contributed by atoms with E-state index in [2.05, 4.69) is 10.2 Å². The maximum absolute atomic E-state index is 12.9. The van der Waals surface area contributed by atoms with E-state index < -0.39 is 10.0 Å². The maximum atomic E-state index is 12.9. The maximum Gasteiger partial charge on any atom is 0.252 e. The fourth-order valence-electron chi connectivity index (χ4n) is 3.56. The van der Waals surface area contributed by atoms with E-state index in [1.165, 1.54) is 48.2 Å². The number of carbonyl (C=O) groups is 1. The summed E-state index contributed by atoms with van der Waals surface area (Å²) in [6.45, 7) is 4.44. The topological polar surface area (TPSA) is 69.7 Å². The standard InChI is InChI=1S/C19H28ClN3O3S2/c20-18-6-5-16(28(25,26)23-11-13-27-14-12-23)15-17(18)19(24)21-7-10-22-8-3-1-2-4-9-22/h5-6,15H,1-4,7-14H2,(H,21,24). The largest absolute Gasteiger partial charge is 0.351 e. The minimum absolute atomic E-state index is 0.126. The van der Waals surface area contributed by atoms with E-state index in [1.54, 1.807) is 11.8 Å². The molecule has 0 aromatic heterocycles. The van der Waals surface area contributed by atoms with Crippen LogP contribution in [0, 0.1) is 0 Å². The third-order valence-electron chi connectivity index (χ3n) is 5.20. The van der Waals surface area contributed by atoms with E-state index in [1.807, 2.05) is 0 Å². The Morgan fingerprint density at radius 2 is 1.75 bits per heavy atom. The Labute approximate surface area is 177 Å². The molecule has 6 nitrogen and oxygen atoms in total. The van der Waals surface area contributed by atoms with Gasteiger partial charge in [-0.25, -0.2) is 8.42 Å². The third kappa shape index (κ3) is 5.63. The van der Waals surface area contributed by atoms with Gasteiger partial charge in [-0.3, -0.25) is 4.79 Å². The predicted octanol–water partition coefficient (Wildman–Crippen LogP) is 2.68. The van der Waals surface area contributed by atoms with E-state index in [0.29, 0.717) is 19.6 Å². The molecule has 2 aliphatic rings. The molecule has 2 heterocycles. The van der Waals surface area contributed by atoms with Crippen molar-refractivity contribution in [2.24, 2.45) is 0 Å². The molecule has 1 aromatic rings. The highest BCUT2D eigenvalue weighted by molar-refractivity contribution is 7.99. The van der Waals surface area contributed by atoms with Gasteiger partial charge in [0.05, 0.1) is 15.5 Å². The summed E-state index contributed by atoms with van der Waals surface area (Å²) in [6, 6.07) is 4.38. The van der Waals surface area contributed by atoms with E-state index >= 15 is 0 Å². The summed E-state index contributed by atoms with van der Waals surface area (Å²) in [5, 5.41) is 3.15. The molecule has 156 valence electrons. The van der Waals surface area contributed by atoms with Gasteiger partial charge in [0, 0.05) is 37.7 Å². The van der Waals surface area contributed by atoms with Crippen molar-refractivity contribution in [2.75, 3.05) is 50.8 Å². The van der Waals surface area contributed by atoms with Crippen LogP contribution in [0.2, 0.25) is 5.02 Å². The number of thioether (sulfide) groups is 1. The number of halogens is 1. The molecule has 9 heteroatoms. The zero-order chi connectivity index (χ0) is 20.0. The van der Waals surface area contributed by atoms with E-state index in [-0.39, 0.29) is 21.4 Å². The summed E-state index contributed by atoms with van der Waals surface area (Å²) in [5.41, 5.74) is 0.213. The summed E-state index contributed by atoms with van der Waals surface area (Å²) < 4.78 is 27.2. The summed E-state index contributed by atoms with van der Waals surface area (Å²) in [6.07, 6.45) is 4.95. The predicted molar refractivity (Wildman–Crippen MR) is 115 cm³/mol. The van der Waals surface area contributed by atoms with Crippen molar-refractivity contribution in [3.8, 4) is 0 Å². The number of nitrogens with zero attached hydrogens (tertiary/aromatic N) is 2. The third-order valence-corrected chi connectivity index (χ3v) is 8.37. The van der Waals surface area contributed by atoms with Crippen LogP contribution >= 0.6 is 23.4 Å². The molecule has 2 fully saturated rings. The highest BCUT2D eigenvalue weighted by Gasteiger charge is 2.27. The van der Waals surface area contributed by atoms with Crippen LogP contribution < -0.4 is 5.32 Å². The summed E-state index contributed by atoms with van der Waals surface area (Å²) in [4.78, 5) is 15.1. The van der Waals surface area contributed by atoms with Gasteiger partial charge in [0.25, 0.3) is 5.91 Å². The molecule has 1 amide bonds. The van der Waals surface area contributed by atoms with Gasteiger partial charge in [0.1, 0.15) is 0 Å². The van der Waals surface area contributed by atoms with Gasteiger partial charge in [-0.1, -0.05) is 24.4 Å². The van der Waals surface area contributed by atoms with Crippen molar-refractivity contribution in [1.82, 2.24) is 14.5 Å². The van der Waals surface area contributed by atoms with Crippen LogP contribution in [0.25, 0.3) is 0 Å². The molecule has 1 aromatic carbocycles. The van der Waals surface area contributed by atoms with Gasteiger partial charge in [-0.15, -0.1) is 0 Å². The molecule has 1 N–H and O–H groups in total.